The summed E-state index contributed by atoms with van der Waals surface area (Å²) in [6, 6.07) is 19.5. The number of hydrazone groups is 1. The third kappa shape index (κ3) is 4.65. The summed E-state index contributed by atoms with van der Waals surface area (Å²) < 4.78 is 0. The van der Waals surface area contributed by atoms with Crippen LogP contribution in [0.25, 0.3) is 0 Å². The molecule has 0 spiro atoms. The predicted octanol–water partition coefficient (Wildman–Crippen LogP) is 3.98. The molecule has 0 saturated carbocycles. The Labute approximate surface area is 162 Å². The van der Waals surface area contributed by atoms with Gasteiger partial charge in [0.2, 0.25) is 0 Å². The lowest BCUT2D eigenvalue weighted by molar-refractivity contribution is 0.0956. The maximum absolute atomic E-state index is 12.1. The van der Waals surface area contributed by atoms with E-state index < -0.39 is 5.91 Å². The fourth-order valence-electron chi connectivity index (χ4n) is 2.60. The van der Waals surface area contributed by atoms with Crippen molar-refractivity contribution in [2.45, 2.75) is 6.42 Å². The first kappa shape index (κ1) is 18.5. The number of phenols is 1. The smallest absolute Gasteiger partial charge is 0.273 e. The van der Waals surface area contributed by atoms with Gasteiger partial charge in [-0.25, -0.2) is 5.43 Å². The Bertz CT molecular complexity index is 1000. The average Bonchev–Trinajstić information content (AvgIpc) is 2.66. The predicted molar refractivity (Wildman–Crippen MR) is 108 cm³/mol. The number of halogens is 1. The number of anilines is 1. The van der Waals surface area contributed by atoms with E-state index in [0.29, 0.717) is 28.3 Å². The lowest BCUT2D eigenvalue weighted by Crippen LogP contribution is -2.19. The second-order valence-corrected chi connectivity index (χ2v) is 6.35. The minimum atomic E-state index is -0.420. The number of hydrogen-bond donors (Lipinski definition) is 3. The minimum Gasteiger partial charge on any atom is -0.507 e. The van der Waals surface area contributed by atoms with Gasteiger partial charge >= 0.3 is 0 Å². The maximum Gasteiger partial charge on any atom is 0.273 e. The Morgan fingerprint density at radius 3 is 2.63 bits per heavy atom. The Hall–Kier alpha value is -3.31. The summed E-state index contributed by atoms with van der Waals surface area (Å²) in [6.07, 6.45) is 2.01. The summed E-state index contributed by atoms with van der Waals surface area (Å²) in [6.45, 7) is 0. The van der Waals surface area contributed by atoms with Crippen LogP contribution in [0.15, 0.2) is 71.8 Å². The molecule has 0 aliphatic rings. The van der Waals surface area contributed by atoms with Crippen LogP contribution in [0.5, 0.6) is 5.75 Å². The molecule has 0 unspecified atom stereocenters. The van der Waals surface area contributed by atoms with Crippen molar-refractivity contribution in [2.24, 2.45) is 5.10 Å². The molecule has 0 heterocycles. The number of nitrogens with zero attached hydrogens (tertiary/aromatic N) is 1. The molecule has 0 aliphatic heterocycles. The van der Waals surface area contributed by atoms with Crippen LogP contribution in [0, 0.1) is 0 Å². The van der Waals surface area contributed by atoms with E-state index in [-0.39, 0.29) is 5.75 Å². The van der Waals surface area contributed by atoms with Crippen molar-refractivity contribution in [3.63, 3.8) is 0 Å². The van der Waals surface area contributed by atoms with Crippen molar-refractivity contribution < 1.29 is 9.90 Å². The Kier molecular flexibility index (Phi) is 5.74. The van der Waals surface area contributed by atoms with E-state index in [9.17, 15) is 9.90 Å². The maximum atomic E-state index is 12.1. The molecule has 0 aliphatic carbocycles. The number of para-hydroxylation sites is 1. The molecule has 5 nitrogen and oxygen atoms in total. The molecule has 0 saturated heterocycles. The van der Waals surface area contributed by atoms with Gasteiger partial charge in [0.15, 0.2) is 0 Å². The minimum absolute atomic E-state index is 0.0649. The van der Waals surface area contributed by atoms with E-state index in [1.54, 1.807) is 36.4 Å². The lowest BCUT2D eigenvalue weighted by Gasteiger charge is -2.07. The van der Waals surface area contributed by atoms with E-state index >= 15 is 0 Å². The molecule has 0 aromatic heterocycles. The summed E-state index contributed by atoms with van der Waals surface area (Å²) in [7, 11) is 0. The molecular formula is C21H18ClN3O2. The monoisotopic (exact) mass is 379 g/mol. The van der Waals surface area contributed by atoms with Crippen LogP contribution in [-0.2, 0) is 6.42 Å². The summed E-state index contributed by atoms with van der Waals surface area (Å²) in [5.74, 6) is -0.355. The number of benzene rings is 3. The SMILES string of the molecule is Nc1ccccc1C(=O)NN=Cc1cc(Cc2ccccc2Cl)ccc1O. The van der Waals surface area contributed by atoms with Gasteiger partial charge in [0, 0.05) is 16.3 Å². The van der Waals surface area contributed by atoms with Crippen molar-refractivity contribution in [2.75, 3.05) is 5.73 Å². The first-order chi connectivity index (χ1) is 13.0. The second kappa shape index (κ2) is 8.38. The van der Waals surface area contributed by atoms with Crippen molar-refractivity contribution in [3.05, 3.63) is 94.0 Å². The zero-order valence-electron chi connectivity index (χ0n) is 14.4. The van der Waals surface area contributed by atoms with E-state index in [1.807, 2.05) is 30.3 Å². The van der Waals surface area contributed by atoms with Gasteiger partial charge < -0.3 is 10.8 Å². The second-order valence-electron chi connectivity index (χ2n) is 5.95. The molecule has 3 aromatic rings. The van der Waals surface area contributed by atoms with Crippen molar-refractivity contribution >= 4 is 29.4 Å². The number of carbonyl (C=O) groups excluding carboxylic acids is 1. The number of nitrogens with one attached hydrogen (secondary N) is 1. The van der Waals surface area contributed by atoms with Gasteiger partial charge in [-0.2, -0.15) is 5.10 Å². The number of amides is 1. The molecule has 3 aromatic carbocycles. The molecule has 0 atom stereocenters. The summed E-state index contributed by atoms with van der Waals surface area (Å²) in [4.78, 5) is 12.1. The molecule has 4 N–H and O–H groups in total. The number of nitrogens with two attached hydrogens (primary N) is 1. The number of nitrogen functional groups attached to an aromatic ring is 1. The zero-order chi connectivity index (χ0) is 19.2. The molecule has 3 rings (SSSR count). The van der Waals surface area contributed by atoms with Crippen LogP contribution in [0.4, 0.5) is 5.69 Å². The Morgan fingerprint density at radius 1 is 1.11 bits per heavy atom. The Morgan fingerprint density at radius 2 is 1.85 bits per heavy atom. The molecule has 0 radical (unpaired) electrons. The largest absolute Gasteiger partial charge is 0.507 e. The molecule has 136 valence electrons. The quantitative estimate of drug-likeness (QED) is 0.356. The van der Waals surface area contributed by atoms with E-state index in [2.05, 4.69) is 10.5 Å². The van der Waals surface area contributed by atoms with Crippen molar-refractivity contribution in [1.29, 1.82) is 0 Å². The van der Waals surface area contributed by atoms with E-state index in [0.717, 1.165) is 11.1 Å². The van der Waals surface area contributed by atoms with Gasteiger partial charge in [-0.15, -0.1) is 0 Å². The van der Waals surface area contributed by atoms with Crippen LogP contribution in [0.3, 0.4) is 0 Å². The van der Waals surface area contributed by atoms with Crippen LogP contribution in [0.2, 0.25) is 5.02 Å². The molecule has 0 bridgehead atoms. The van der Waals surface area contributed by atoms with Crippen molar-refractivity contribution in [3.8, 4) is 5.75 Å². The fraction of sp³-hybridized carbons (Fsp3) is 0.0476. The highest BCUT2D eigenvalue weighted by Gasteiger charge is 2.08. The van der Waals surface area contributed by atoms with Crippen LogP contribution < -0.4 is 11.2 Å². The van der Waals surface area contributed by atoms with Crippen LogP contribution >= 0.6 is 11.6 Å². The lowest BCUT2D eigenvalue weighted by atomic mass is 10.0. The molecular weight excluding hydrogens is 362 g/mol. The number of aromatic hydroxyl groups is 1. The van der Waals surface area contributed by atoms with Gasteiger partial charge in [0.05, 0.1) is 11.8 Å². The average molecular weight is 380 g/mol. The standard InChI is InChI=1S/C21H18ClN3O2/c22-18-7-3-1-5-15(18)11-14-9-10-20(26)16(12-14)13-24-25-21(27)17-6-2-4-8-19(17)23/h1-10,12-13,26H,11,23H2,(H,25,27). The summed E-state index contributed by atoms with van der Waals surface area (Å²) in [5.41, 5.74) is 11.3. The molecule has 1 amide bonds. The van der Waals surface area contributed by atoms with Gasteiger partial charge in [0.1, 0.15) is 5.75 Å². The van der Waals surface area contributed by atoms with Crippen LogP contribution in [-0.4, -0.2) is 17.2 Å². The number of phenolic OH excluding ortho intramolecular Hbond substituents is 1. The Balaban J connectivity index is 1.73. The third-order valence-corrected chi connectivity index (χ3v) is 4.39. The van der Waals surface area contributed by atoms with Gasteiger partial charge in [-0.3, -0.25) is 4.79 Å². The number of hydrogen-bond acceptors (Lipinski definition) is 4. The van der Waals surface area contributed by atoms with Gasteiger partial charge in [-0.1, -0.05) is 48.0 Å². The van der Waals surface area contributed by atoms with Crippen LogP contribution in [0.1, 0.15) is 27.0 Å². The first-order valence-corrected chi connectivity index (χ1v) is 8.65. The fourth-order valence-corrected chi connectivity index (χ4v) is 2.81. The highest BCUT2D eigenvalue weighted by molar-refractivity contribution is 6.31. The number of carbonyl (C=O) groups is 1. The summed E-state index contributed by atoms with van der Waals surface area (Å²) >= 11 is 6.20. The highest BCUT2D eigenvalue weighted by atomic mass is 35.5. The molecule has 27 heavy (non-hydrogen) atoms. The molecule has 0 fully saturated rings. The number of rotatable bonds is 5. The van der Waals surface area contributed by atoms with E-state index in [4.69, 9.17) is 17.3 Å². The van der Waals surface area contributed by atoms with Gasteiger partial charge in [-0.05, 0) is 47.9 Å². The summed E-state index contributed by atoms with van der Waals surface area (Å²) in [5, 5.41) is 14.6. The third-order valence-electron chi connectivity index (χ3n) is 4.02. The zero-order valence-corrected chi connectivity index (χ0v) is 15.1. The highest BCUT2D eigenvalue weighted by Crippen LogP contribution is 2.22. The van der Waals surface area contributed by atoms with E-state index in [1.165, 1.54) is 6.21 Å². The molecule has 6 heteroatoms. The normalized spacial score (nSPS) is 10.9. The topological polar surface area (TPSA) is 87.7 Å². The van der Waals surface area contributed by atoms with Gasteiger partial charge in [0.25, 0.3) is 5.91 Å². The van der Waals surface area contributed by atoms with Crippen molar-refractivity contribution in [1.82, 2.24) is 5.43 Å². The first-order valence-electron chi connectivity index (χ1n) is 8.28.